The summed E-state index contributed by atoms with van der Waals surface area (Å²) >= 11 is 1.63. The quantitative estimate of drug-likeness (QED) is 0.323. The maximum Gasteiger partial charge on any atom is 0.170 e. The number of hydrogen-bond donors (Lipinski definition) is 2. The predicted molar refractivity (Wildman–Crippen MR) is 56.9 cm³/mol. The minimum Gasteiger partial charge on any atom is -0.409 e. The van der Waals surface area contributed by atoms with E-state index in [0.29, 0.717) is 5.56 Å². The number of aryl methyl sites for hydroxylation is 1. The number of nitrogens with zero attached hydrogens (tertiary/aromatic N) is 2. The van der Waals surface area contributed by atoms with Crippen LogP contribution in [-0.2, 0) is 0 Å². The molecule has 14 heavy (non-hydrogen) atoms. The van der Waals surface area contributed by atoms with Crippen molar-refractivity contribution in [3.63, 3.8) is 0 Å². The highest BCUT2D eigenvalue weighted by Gasteiger charge is 2.04. The Morgan fingerprint density at radius 3 is 3.07 bits per heavy atom. The topological polar surface area (TPSA) is 71.5 Å². The summed E-state index contributed by atoms with van der Waals surface area (Å²) in [7, 11) is 0. The molecule has 0 aliphatic heterocycles. The van der Waals surface area contributed by atoms with Gasteiger partial charge >= 0.3 is 0 Å². The summed E-state index contributed by atoms with van der Waals surface area (Å²) in [6, 6.07) is 5.55. The summed E-state index contributed by atoms with van der Waals surface area (Å²) in [6.45, 7) is 1.95. The lowest BCUT2D eigenvalue weighted by Gasteiger charge is -1.96. The van der Waals surface area contributed by atoms with Crippen molar-refractivity contribution in [3.05, 3.63) is 28.8 Å². The van der Waals surface area contributed by atoms with Gasteiger partial charge in [0.05, 0.1) is 15.2 Å². The van der Waals surface area contributed by atoms with E-state index < -0.39 is 0 Å². The number of hydrogen-bond acceptors (Lipinski definition) is 4. The van der Waals surface area contributed by atoms with Crippen LogP contribution in [0.15, 0.2) is 23.4 Å². The molecule has 3 N–H and O–H groups in total. The first-order chi connectivity index (χ1) is 6.70. The lowest BCUT2D eigenvalue weighted by atomic mass is 10.2. The zero-order valence-electron chi connectivity index (χ0n) is 7.56. The maximum atomic E-state index is 8.51. The molecule has 0 aliphatic rings. The Labute approximate surface area is 84.7 Å². The Kier molecular flexibility index (Phi) is 2.09. The minimum absolute atomic E-state index is 0.109. The van der Waals surface area contributed by atoms with Crippen molar-refractivity contribution >= 4 is 27.4 Å². The van der Waals surface area contributed by atoms with E-state index in [-0.39, 0.29) is 5.84 Å². The molecule has 5 heteroatoms. The van der Waals surface area contributed by atoms with E-state index in [1.54, 1.807) is 11.3 Å². The molecule has 0 spiro atoms. The van der Waals surface area contributed by atoms with Gasteiger partial charge in [0.25, 0.3) is 0 Å². The second-order valence-electron chi connectivity index (χ2n) is 2.90. The highest BCUT2D eigenvalue weighted by atomic mass is 32.1. The number of amidine groups is 1. The minimum atomic E-state index is 0.109. The molecule has 0 amide bonds. The van der Waals surface area contributed by atoms with Gasteiger partial charge in [0, 0.05) is 5.56 Å². The number of oxime groups is 1. The van der Waals surface area contributed by atoms with Crippen LogP contribution >= 0.6 is 11.3 Å². The van der Waals surface area contributed by atoms with Gasteiger partial charge in [-0.3, -0.25) is 0 Å². The summed E-state index contributed by atoms with van der Waals surface area (Å²) < 4.78 is 1.11. The van der Waals surface area contributed by atoms with Crippen molar-refractivity contribution in [2.75, 3.05) is 0 Å². The summed E-state index contributed by atoms with van der Waals surface area (Å²) in [5.41, 5.74) is 7.04. The van der Waals surface area contributed by atoms with Gasteiger partial charge in [0.2, 0.25) is 0 Å². The third-order valence-corrected chi connectivity index (χ3v) is 2.85. The summed E-state index contributed by atoms with van der Waals surface area (Å²) in [5, 5.41) is 12.5. The second-order valence-corrected chi connectivity index (χ2v) is 4.14. The molecule has 0 saturated heterocycles. The molecular formula is C9H9N3OS. The third kappa shape index (κ3) is 1.42. The van der Waals surface area contributed by atoms with Crippen LogP contribution in [0.3, 0.4) is 0 Å². The predicted octanol–water partition coefficient (Wildman–Crippen LogP) is 1.70. The van der Waals surface area contributed by atoms with Crippen LogP contribution in [0.2, 0.25) is 0 Å². The largest absolute Gasteiger partial charge is 0.409 e. The number of nitrogens with two attached hydrogens (primary N) is 1. The zero-order chi connectivity index (χ0) is 10.1. The molecule has 1 heterocycles. The van der Waals surface area contributed by atoms with E-state index in [1.165, 1.54) is 0 Å². The first-order valence-corrected chi connectivity index (χ1v) is 4.87. The van der Waals surface area contributed by atoms with Crippen molar-refractivity contribution in [1.82, 2.24) is 4.98 Å². The SMILES string of the molecule is Cc1nc2cc(/C(N)=N\O)ccc2s1. The van der Waals surface area contributed by atoms with Gasteiger partial charge in [0.15, 0.2) is 5.84 Å². The van der Waals surface area contributed by atoms with Gasteiger partial charge in [-0.2, -0.15) is 0 Å². The number of benzene rings is 1. The summed E-state index contributed by atoms with van der Waals surface area (Å²) in [4.78, 5) is 4.32. The van der Waals surface area contributed by atoms with Gasteiger partial charge in [0.1, 0.15) is 0 Å². The lowest BCUT2D eigenvalue weighted by Crippen LogP contribution is -2.12. The summed E-state index contributed by atoms with van der Waals surface area (Å²) in [5.74, 6) is 0.109. The molecule has 0 bridgehead atoms. The molecule has 1 aromatic heterocycles. The molecule has 72 valence electrons. The van der Waals surface area contributed by atoms with E-state index in [1.807, 2.05) is 25.1 Å². The van der Waals surface area contributed by atoms with Gasteiger partial charge in [-0.15, -0.1) is 11.3 Å². The van der Waals surface area contributed by atoms with Crippen LogP contribution in [-0.4, -0.2) is 16.0 Å². The molecule has 4 nitrogen and oxygen atoms in total. The molecule has 0 radical (unpaired) electrons. The van der Waals surface area contributed by atoms with Crippen molar-refractivity contribution in [2.24, 2.45) is 10.9 Å². The molecule has 0 unspecified atom stereocenters. The molecule has 2 aromatic rings. The van der Waals surface area contributed by atoms with Crippen LogP contribution in [0.4, 0.5) is 0 Å². The standard InChI is InChI=1S/C9H9N3OS/c1-5-11-7-4-6(9(10)12-13)2-3-8(7)14-5/h2-4,13H,1H3,(H2,10,12). The fraction of sp³-hybridized carbons (Fsp3) is 0.111. The Bertz CT molecular complexity index is 504. The van der Waals surface area contributed by atoms with Crippen LogP contribution in [0, 0.1) is 6.92 Å². The van der Waals surface area contributed by atoms with E-state index in [4.69, 9.17) is 10.9 Å². The molecule has 0 fully saturated rings. The van der Waals surface area contributed by atoms with Gasteiger partial charge in [-0.1, -0.05) is 5.16 Å². The first kappa shape index (κ1) is 8.96. The van der Waals surface area contributed by atoms with Crippen LogP contribution in [0.1, 0.15) is 10.6 Å². The molecule has 0 aliphatic carbocycles. The average Bonchev–Trinajstić information content (AvgIpc) is 2.55. The second kappa shape index (κ2) is 3.26. The first-order valence-electron chi connectivity index (χ1n) is 4.06. The normalized spacial score (nSPS) is 12.2. The van der Waals surface area contributed by atoms with Gasteiger partial charge in [-0.25, -0.2) is 4.98 Å². The van der Waals surface area contributed by atoms with Crippen molar-refractivity contribution < 1.29 is 5.21 Å². The number of aromatic nitrogens is 1. The highest BCUT2D eigenvalue weighted by Crippen LogP contribution is 2.22. The fourth-order valence-corrected chi connectivity index (χ4v) is 2.07. The Morgan fingerprint density at radius 1 is 1.57 bits per heavy atom. The number of fused-ring (bicyclic) bond motifs is 1. The zero-order valence-corrected chi connectivity index (χ0v) is 8.38. The smallest absolute Gasteiger partial charge is 0.170 e. The fourth-order valence-electron chi connectivity index (χ4n) is 1.26. The number of thiazole rings is 1. The van der Waals surface area contributed by atoms with Crippen molar-refractivity contribution in [1.29, 1.82) is 0 Å². The average molecular weight is 207 g/mol. The van der Waals surface area contributed by atoms with Gasteiger partial charge < -0.3 is 10.9 Å². The Hall–Kier alpha value is -1.62. The molecular weight excluding hydrogens is 198 g/mol. The summed E-state index contributed by atoms with van der Waals surface area (Å²) in [6.07, 6.45) is 0. The number of rotatable bonds is 1. The van der Waals surface area contributed by atoms with E-state index in [9.17, 15) is 0 Å². The van der Waals surface area contributed by atoms with Crippen LogP contribution in [0.5, 0.6) is 0 Å². The van der Waals surface area contributed by atoms with Crippen LogP contribution < -0.4 is 5.73 Å². The van der Waals surface area contributed by atoms with Crippen molar-refractivity contribution in [2.45, 2.75) is 6.92 Å². The van der Waals surface area contributed by atoms with Gasteiger partial charge in [-0.05, 0) is 25.1 Å². The van der Waals surface area contributed by atoms with E-state index in [2.05, 4.69) is 10.1 Å². The van der Waals surface area contributed by atoms with E-state index in [0.717, 1.165) is 15.2 Å². The third-order valence-electron chi connectivity index (χ3n) is 1.90. The van der Waals surface area contributed by atoms with E-state index >= 15 is 0 Å². The molecule has 0 saturated carbocycles. The lowest BCUT2D eigenvalue weighted by molar-refractivity contribution is 0.318. The maximum absolute atomic E-state index is 8.51. The highest BCUT2D eigenvalue weighted by molar-refractivity contribution is 7.18. The Balaban J connectivity index is 2.61. The molecule has 2 rings (SSSR count). The molecule has 0 atom stereocenters. The monoisotopic (exact) mass is 207 g/mol. The van der Waals surface area contributed by atoms with Crippen molar-refractivity contribution in [3.8, 4) is 0 Å². The van der Waals surface area contributed by atoms with Crippen LogP contribution in [0.25, 0.3) is 10.2 Å². The Morgan fingerprint density at radius 2 is 2.36 bits per heavy atom. The molecule has 1 aromatic carbocycles.